The van der Waals surface area contributed by atoms with E-state index < -0.39 is 0 Å². The molecule has 2 amide bonds. The largest absolute Gasteiger partial charge is 0.352 e. The van der Waals surface area contributed by atoms with Crippen LogP contribution in [0.25, 0.3) is 11.2 Å². The number of aromatic nitrogens is 3. The van der Waals surface area contributed by atoms with Gasteiger partial charge < -0.3 is 15.5 Å². The fourth-order valence-electron chi connectivity index (χ4n) is 4.60. The number of anilines is 2. The van der Waals surface area contributed by atoms with E-state index in [1.54, 1.807) is 10.8 Å². The number of pyridine rings is 1. The highest BCUT2D eigenvalue weighted by Crippen LogP contribution is 2.19. The van der Waals surface area contributed by atoms with Crippen molar-refractivity contribution in [3.05, 3.63) is 93.9 Å². The van der Waals surface area contributed by atoms with Gasteiger partial charge in [-0.25, -0.2) is 14.8 Å². The second-order valence-corrected chi connectivity index (χ2v) is 9.39. The Labute approximate surface area is 210 Å². The Kier molecular flexibility index (Phi) is 6.66. The molecule has 0 unspecified atom stereocenters. The maximum Gasteiger partial charge on any atom is 0.319 e. The van der Waals surface area contributed by atoms with Crippen LogP contribution in [0, 0.1) is 13.8 Å². The maximum absolute atomic E-state index is 13.6. The molecule has 2 aromatic heterocycles. The molecule has 0 bridgehead atoms. The van der Waals surface area contributed by atoms with Gasteiger partial charge in [0.05, 0.1) is 6.54 Å². The van der Waals surface area contributed by atoms with Gasteiger partial charge in [-0.05, 0) is 62.1 Å². The third-order valence-electron chi connectivity index (χ3n) is 6.55. The van der Waals surface area contributed by atoms with E-state index in [4.69, 9.17) is 4.98 Å². The van der Waals surface area contributed by atoms with Crippen molar-refractivity contribution >= 4 is 28.7 Å². The quantitative estimate of drug-likeness (QED) is 0.444. The van der Waals surface area contributed by atoms with Crippen molar-refractivity contribution in [1.82, 2.24) is 19.9 Å². The first kappa shape index (κ1) is 23.5. The third kappa shape index (κ3) is 5.22. The number of hydrogen-bond acceptors (Lipinski definition) is 5. The van der Waals surface area contributed by atoms with Crippen LogP contribution in [0.2, 0.25) is 0 Å². The van der Waals surface area contributed by atoms with E-state index in [0.717, 1.165) is 29.7 Å². The maximum atomic E-state index is 13.6. The van der Waals surface area contributed by atoms with Gasteiger partial charge in [0, 0.05) is 31.0 Å². The number of aryl methyl sites for hydroxylation is 2. The van der Waals surface area contributed by atoms with E-state index in [1.165, 1.54) is 5.56 Å². The Morgan fingerprint density at radius 1 is 1.00 bits per heavy atom. The van der Waals surface area contributed by atoms with Gasteiger partial charge in [-0.1, -0.05) is 42.0 Å². The lowest BCUT2D eigenvalue weighted by Gasteiger charge is -2.33. The first-order valence-electron chi connectivity index (χ1n) is 12.3. The van der Waals surface area contributed by atoms with Crippen LogP contribution < -0.4 is 21.1 Å². The molecule has 184 valence electrons. The van der Waals surface area contributed by atoms with Gasteiger partial charge in [-0.3, -0.25) is 9.36 Å². The van der Waals surface area contributed by atoms with Gasteiger partial charge in [-0.15, -0.1) is 0 Å². The summed E-state index contributed by atoms with van der Waals surface area (Å²) in [6.07, 6.45) is 3.14. The highest BCUT2D eigenvalue weighted by atomic mass is 16.2. The zero-order chi connectivity index (χ0) is 25.1. The molecule has 0 atom stereocenters. The monoisotopic (exact) mass is 482 g/mol. The Bertz CT molecular complexity index is 1440. The number of nitrogens with zero attached hydrogens (tertiary/aromatic N) is 4. The predicted molar refractivity (Wildman–Crippen MR) is 143 cm³/mol. The Balaban J connectivity index is 1.31. The highest BCUT2D eigenvalue weighted by molar-refractivity contribution is 5.89. The van der Waals surface area contributed by atoms with Gasteiger partial charge in [0.1, 0.15) is 5.52 Å². The molecule has 0 aliphatic carbocycles. The van der Waals surface area contributed by atoms with Gasteiger partial charge in [0.25, 0.3) is 5.56 Å². The number of fused-ring (bicyclic) bond motifs is 1. The summed E-state index contributed by atoms with van der Waals surface area (Å²) in [6, 6.07) is 19.4. The van der Waals surface area contributed by atoms with Crippen LogP contribution in [0.5, 0.6) is 0 Å². The minimum atomic E-state index is -0.214. The number of rotatable bonds is 5. The molecule has 1 aliphatic rings. The average Bonchev–Trinajstić information content (AvgIpc) is 2.87. The third-order valence-corrected chi connectivity index (χ3v) is 6.55. The van der Waals surface area contributed by atoms with E-state index in [-0.39, 0.29) is 17.6 Å². The van der Waals surface area contributed by atoms with Crippen LogP contribution in [0.3, 0.4) is 0 Å². The average molecular weight is 483 g/mol. The van der Waals surface area contributed by atoms with Crippen LogP contribution >= 0.6 is 0 Å². The molecular formula is C28H30N6O2. The lowest BCUT2D eigenvalue weighted by Crippen LogP contribution is -2.47. The minimum Gasteiger partial charge on any atom is -0.352 e. The van der Waals surface area contributed by atoms with Crippen LogP contribution in [0.1, 0.15) is 29.5 Å². The van der Waals surface area contributed by atoms with Crippen LogP contribution in [-0.2, 0) is 6.54 Å². The molecule has 2 N–H and O–H groups in total. The van der Waals surface area contributed by atoms with Crippen molar-refractivity contribution in [3.63, 3.8) is 0 Å². The smallest absolute Gasteiger partial charge is 0.319 e. The molecule has 4 aromatic rings. The summed E-state index contributed by atoms with van der Waals surface area (Å²) in [5, 5.41) is 5.96. The molecule has 0 saturated carbocycles. The normalized spacial score (nSPS) is 14.1. The van der Waals surface area contributed by atoms with E-state index in [0.29, 0.717) is 36.6 Å². The van der Waals surface area contributed by atoms with Gasteiger partial charge in [0.2, 0.25) is 0 Å². The number of carbonyl (C=O) groups is 1. The summed E-state index contributed by atoms with van der Waals surface area (Å²) in [5.41, 5.74) is 5.20. The second-order valence-electron chi connectivity index (χ2n) is 9.39. The Morgan fingerprint density at radius 3 is 2.53 bits per heavy atom. The van der Waals surface area contributed by atoms with Crippen LogP contribution in [0.4, 0.5) is 16.3 Å². The number of piperidine rings is 1. The molecule has 8 nitrogen and oxygen atoms in total. The summed E-state index contributed by atoms with van der Waals surface area (Å²) in [5.74, 6) is 0.435. The number of carbonyl (C=O) groups excluding carboxylic acids is 1. The van der Waals surface area contributed by atoms with Crippen molar-refractivity contribution in [2.45, 2.75) is 39.3 Å². The minimum absolute atomic E-state index is 0.0305. The zero-order valence-electron chi connectivity index (χ0n) is 20.6. The van der Waals surface area contributed by atoms with Crippen LogP contribution in [0.15, 0.2) is 71.7 Å². The molecule has 8 heteroatoms. The summed E-state index contributed by atoms with van der Waals surface area (Å²) in [7, 11) is 0. The lowest BCUT2D eigenvalue weighted by molar-refractivity contribution is 0.246. The molecule has 3 heterocycles. The van der Waals surface area contributed by atoms with Gasteiger partial charge in [0.15, 0.2) is 11.5 Å². The molecule has 5 rings (SSSR count). The SMILES string of the molecule is Cc1ccc(Cn2c(=O)c(N3CCC(NC(=O)Nc4cccc(C)c4)CC3)nc3cccnc32)cc1. The van der Waals surface area contributed by atoms with Gasteiger partial charge >= 0.3 is 6.03 Å². The number of urea groups is 1. The van der Waals surface area contributed by atoms with Crippen LogP contribution in [-0.4, -0.2) is 39.7 Å². The summed E-state index contributed by atoms with van der Waals surface area (Å²) in [4.78, 5) is 37.2. The number of hydrogen-bond donors (Lipinski definition) is 2. The zero-order valence-corrected chi connectivity index (χ0v) is 20.6. The molecule has 2 aromatic carbocycles. The van der Waals surface area contributed by atoms with Gasteiger partial charge in [-0.2, -0.15) is 0 Å². The van der Waals surface area contributed by atoms with Crippen molar-refractivity contribution in [2.75, 3.05) is 23.3 Å². The first-order chi connectivity index (χ1) is 17.5. The van der Waals surface area contributed by atoms with Crippen molar-refractivity contribution < 1.29 is 4.79 Å². The number of benzene rings is 2. The van der Waals surface area contributed by atoms with E-state index >= 15 is 0 Å². The van der Waals surface area contributed by atoms with E-state index in [2.05, 4.69) is 15.6 Å². The molecule has 1 saturated heterocycles. The summed E-state index contributed by atoms with van der Waals surface area (Å²) in [6.45, 7) is 5.73. The highest BCUT2D eigenvalue weighted by Gasteiger charge is 2.25. The fraction of sp³-hybridized carbons (Fsp3) is 0.286. The lowest BCUT2D eigenvalue weighted by atomic mass is 10.1. The second kappa shape index (κ2) is 10.2. The summed E-state index contributed by atoms with van der Waals surface area (Å²) >= 11 is 0. The predicted octanol–water partition coefficient (Wildman–Crippen LogP) is 4.25. The van der Waals surface area contributed by atoms with Crippen molar-refractivity contribution in [2.24, 2.45) is 0 Å². The summed E-state index contributed by atoms with van der Waals surface area (Å²) < 4.78 is 1.71. The molecule has 0 spiro atoms. The molecule has 1 fully saturated rings. The number of nitrogens with one attached hydrogen (secondary N) is 2. The van der Waals surface area contributed by atoms with Crippen molar-refractivity contribution in [3.8, 4) is 0 Å². The molecule has 0 radical (unpaired) electrons. The topological polar surface area (TPSA) is 92.2 Å². The fourth-order valence-corrected chi connectivity index (χ4v) is 4.60. The Morgan fingerprint density at radius 2 is 1.78 bits per heavy atom. The standard InChI is InChI=1S/C28H30N6O2/c1-19-8-10-21(11-9-19)18-34-25-24(7-4-14-29-25)32-26(27(34)35)33-15-12-22(13-16-33)30-28(36)31-23-6-3-5-20(2)17-23/h3-11,14,17,22H,12-13,15-16,18H2,1-2H3,(H2,30,31,36). The first-order valence-corrected chi connectivity index (χ1v) is 12.3. The van der Waals surface area contributed by atoms with Crippen molar-refractivity contribution in [1.29, 1.82) is 0 Å². The molecule has 36 heavy (non-hydrogen) atoms. The molecular weight excluding hydrogens is 452 g/mol. The number of amides is 2. The molecule has 1 aliphatic heterocycles. The van der Waals surface area contributed by atoms with E-state index in [1.807, 2.05) is 79.4 Å². The Hall–Kier alpha value is -4.20. The van der Waals surface area contributed by atoms with E-state index in [9.17, 15) is 9.59 Å².